The summed E-state index contributed by atoms with van der Waals surface area (Å²) in [5.41, 5.74) is 4.23. The fourth-order valence-electron chi connectivity index (χ4n) is 9.11. The number of nitrogens with zero attached hydrogens (tertiary/aromatic N) is 4. The summed E-state index contributed by atoms with van der Waals surface area (Å²) in [5, 5.41) is 0.573. The van der Waals surface area contributed by atoms with Crippen LogP contribution in [0.4, 0.5) is 0 Å². The molecule has 8 aromatic rings. The third kappa shape index (κ3) is 8.59. The minimum Gasteiger partial charge on any atom is -0.415 e. The molecule has 2 aliphatic heterocycles. The van der Waals surface area contributed by atoms with Crippen molar-refractivity contribution in [2.75, 3.05) is 26.2 Å². The molecule has 0 radical (unpaired) electrons. The van der Waals surface area contributed by atoms with Gasteiger partial charge in [-0.15, -0.1) is 0 Å². The maximum Gasteiger partial charge on any atom is 0.423 e. The Morgan fingerprint density at radius 3 is 1.13 bits per heavy atom. The highest BCUT2D eigenvalue weighted by Gasteiger charge is 2.36. The molecule has 0 saturated carbocycles. The van der Waals surface area contributed by atoms with E-state index in [1.54, 1.807) is 84.9 Å². The lowest BCUT2D eigenvalue weighted by Crippen LogP contribution is -2.30. The molecule has 10 rings (SSSR count). The summed E-state index contributed by atoms with van der Waals surface area (Å²) < 4.78 is 73.5. The van der Waals surface area contributed by atoms with Gasteiger partial charge in [0.05, 0.1) is 20.8 Å². The molecule has 0 spiro atoms. The second-order valence-electron chi connectivity index (χ2n) is 16.7. The van der Waals surface area contributed by atoms with Crippen molar-refractivity contribution in [1.82, 2.24) is 17.7 Å². The number of hydrogen-bond donors (Lipinski definition) is 0. The number of aromatic nitrogens is 2. The fourth-order valence-corrected chi connectivity index (χ4v) is 12.3. The lowest BCUT2D eigenvalue weighted by molar-refractivity contribution is -0.156. The number of carbonyl (C=O) groups excluding carboxylic acids is 2. The van der Waals surface area contributed by atoms with Crippen LogP contribution in [0.15, 0.2) is 192 Å². The van der Waals surface area contributed by atoms with Gasteiger partial charge < -0.3 is 9.47 Å². The lowest BCUT2D eigenvalue weighted by Gasteiger charge is -2.27. The van der Waals surface area contributed by atoms with Gasteiger partial charge in [-0.1, -0.05) is 133 Å². The van der Waals surface area contributed by atoms with Crippen molar-refractivity contribution in [3.63, 3.8) is 0 Å². The van der Waals surface area contributed by atoms with Crippen molar-refractivity contribution in [1.29, 1.82) is 0 Å². The van der Waals surface area contributed by atoms with E-state index in [-0.39, 0.29) is 54.5 Å². The summed E-state index contributed by atoms with van der Waals surface area (Å²) in [6, 6.07) is 49.4. The molecule has 12 nitrogen and oxygen atoms in total. The topological polar surface area (TPSA) is 137 Å². The summed E-state index contributed by atoms with van der Waals surface area (Å²) in [5.74, 6) is -3.08. The SMILES string of the molecule is O=C(Oc1c(C2=CCN(Cc3ccccc3)CC2)n(S(=O)(=O)c2ccccc2)c2ccccc12)C(=O)Oc1c(C2=CCN(Cc3ccccc3)CC2)n(S(=O)(=O)c2ccccc2)c2ccccc12. The van der Waals surface area contributed by atoms with E-state index in [1.807, 2.05) is 48.6 Å². The quantitative estimate of drug-likeness (QED) is 0.0862. The summed E-state index contributed by atoms with van der Waals surface area (Å²) in [4.78, 5) is 33.3. The number of fused-ring (bicyclic) bond motifs is 2. The van der Waals surface area contributed by atoms with E-state index in [9.17, 15) is 26.4 Å². The molecular formula is C54H46N4O8S2. The van der Waals surface area contributed by atoms with Crippen LogP contribution in [-0.2, 0) is 42.7 Å². The zero-order valence-electron chi connectivity index (χ0n) is 36.8. The number of hydrogen-bond acceptors (Lipinski definition) is 10. The molecule has 0 bridgehead atoms. The second-order valence-corrected chi connectivity index (χ2v) is 20.3. The smallest absolute Gasteiger partial charge is 0.415 e. The van der Waals surface area contributed by atoms with Crippen molar-refractivity contribution in [2.45, 2.75) is 35.7 Å². The van der Waals surface area contributed by atoms with Crippen molar-refractivity contribution in [3.8, 4) is 11.5 Å². The average molecular weight is 943 g/mol. The number of esters is 2. The van der Waals surface area contributed by atoms with Crippen molar-refractivity contribution < 1.29 is 35.9 Å². The Labute approximate surface area is 394 Å². The van der Waals surface area contributed by atoms with Crippen LogP contribution >= 0.6 is 0 Å². The third-order valence-electron chi connectivity index (χ3n) is 12.4. The monoisotopic (exact) mass is 942 g/mol. The van der Waals surface area contributed by atoms with Gasteiger partial charge in [-0.3, -0.25) is 9.80 Å². The van der Waals surface area contributed by atoms with Gasteiger partial charge in [0.1, 0.15) is 11.4 Å². The van der Waals surface area contributed by atoms with Crippen molar-refractivity contribution in [3.05, 3.63) is 205 Å². The number of para-hydroxylation sites is 2. The van der Waals surface area contributed by atoms with E-state index in [1.165, 1.54) is 32.2 Å². The van der Waals surface area contributed by atoms with Crippen LogP contribution < -0.4 is 9.47 Å². The van der Waals surface area contributed by atoms with Gasteiger partial charge in [-0.05, 0) is 83.6 Å². The highest BCUT2D eigenvalue weighted by atomic mass is 32.2. The first-order valence-electron chi connectivity index (χ1n) is 22.3. The maximum atomic E-state index is 14.7. The average Bonchev–Trinajstić information content (AvgIpc) is 3.89. The van der Waals surface area contributed by atoms with Crippen molar-refractivity contribution in [2.24, 2.45) is 0 Å². The summed E-state index contributed by atoms with van der Waals surface area (Å²) in [7, 11) is -8.61. The Hall–Kier alpha value is -7.36. The summed E-state index contributed by atoms with van der Waals surface area (Å²) >= 11 is 0. The van der Waals surface area contributed by atoms with Crippen LogP contribution in [0.25, 0.3) is 33.0 Å². The first-order chi connectivity index (χ1) is 33.1. The van der Waals surface area contributed by atoms with E-state index < -0.39 is 32.0 Å². The number of rotatable bonds is 12. The molecule has 0 unspecified atom stereocenters. The molecule has 342 valence electrons. The minimum atomic E-state index is -4.30. The van der Waals surface area contributed by atoms with Crippen LogP contribution in [0.1, 0.15) is 35.4 Å². The van der Waals surface area contributed by atoms with Crippen LogP contribution in [0.3, 0.4) is 0 Å². The minimum absolute atomic E-state index is 0.0241. The predicted molar refractivity (Wildman–Crippen MR) is 262 cm³/mol. The molecule has 0 N–H and O–H groups in total. The van der Waals surface area contributed by atoms with Crippen LogP contribution in [-0.4, -0.2) is 72.7 Å². The first kappa shape index (κ1) is 44.5. The largest absolute Gasteiger partial charge is 0.423 e. The van der Waals surface area contributed by atoms with E-state index in [2.05, 4.69) is 34.1 Å². The Balaban J connectivity index is 1.05. The Kier molecular flexibility index (Phi) is 12.3. The van der Waals surface area contributed by atoms with Gasteiger partial charge in [-0.25, -0.2) is 34.4 Å². The Bertz CT molecular complexity index is 3250. The molecule has 0 saturated heterocycles. The molecular weight excluding hydrogens is 897 g/mol. The summed E-state index contributed by atoms with van der Waals surface area (Å²) in [6.07, 6.45) is 4.67. The normalized spacial score (nSPS) is 14.9. The number of benzene rings is 6. The molecule has 2 aromatic heterocycles. The van der Waals surface area contributed by atoms with Gasteiger partial charge >= 0.3 is 11.9 Å². The van der Waals surface area contributed by atoms with Crippen molar-refractivity contribution >= 4 is 64.9 Å². The van der Waals surface area contributed by atoms with E-state index >= 15 is 0 Å². The fraction of sp³-hybridized carbons (Fsp3) is 0.148. The first-order valence-corrected chi connectivity index (χ1v) is 25.2. The second kappa shape index (κ2) is 18.7. The zero-order chi connectivity index (χ0) is 46.8. The molecule has 4 heterocycles. The van der Waals surface area contributed by atoms with Gasteiger partial charge in [0.25, 0.3) is 20.0 Å². The molecule has 2 aliphatic rings. The van der Waals surface area contributed by atoms with E-state index in [4.69, 9.17) is 9.47 Å². The van der Waals surface area contributed by atoms with Gasteiger partial charge in [-0.2, -0.15) is 0 Å². The lowest BCUT2D eigenvalue weighted by atomic mass is 10.0. The molecule has 6 aromatic carbocycles. The standard InChI is InChI=1S/C54H46N4O8S2/c59-53(65-51-45-25-13-15-27-47(45)57(67(61,62)43-21-9-3-10-22-43)49(51)41-29-33-55(34-30-41)37-39-17-5-1-6-18-39)54(60)66-52-46-26-14-16-28-48(46)58(68(63,64)44-23-11-4-12-24-44)50(52)42-31-35-56(36-32-42)38-40-19-7-2-8-20-40/h1-29,31H,30,32-38H2. The van der Waals surface area contributed by atoms with Crippen LogP contribution in [0.5, 0.6) is 11.5 Å². The number of ether oxygens (including phenoxy) is 2. The zero-order valence-corrected chi connectivity index (χ0v) is 38.5. The molecule has 14 heteroatoms. The van der Waals surface area contributed by atoms with Crippen LogP contribution in [0, 0.1) is 0 Å². The third-order valence-corrected chi connectivity index (χ3v) is 15.8. The highest BCUT2D eigenvalue weighted by molar-refractivity contribution is 7.90. The maximum absolute atomic E-state index is 14.7. The summed E-state index contributed by atoms with van der Waals surface area (Å²) in [6.45, 7) is 3.45. The Morgan fingerprint density at radius 2 is 0.779 bits per heavy atom. The van der Waals surface area contributed by atoms with E-state index in [0.717, 1.165) is 11.1 Å². The molecule has 0 aliphatic carbocycles. The Morgan fingerprint density at radius 1 is 0.441 bits per heavy atom. The van der Waals surface area contributed by atoms with Gasteiger partial charge in [0.15, 0.2) is 11.5 Å². The molecule has 0 fully saturated rings. The highest BCUT2D eigenvalue weighted by Crippen LogP contribution is 2.44. The number of carbonyl (C=O) groups is 2. The molecule has 0 atom stereocenters. The predicted octanol–water partition coefficient (Wildman–Crippen LogP) is 9.16. The van der Waals surface area contributed by atoms with Gasteiger partial charge in [0.2, 0.25) is 0 Å². The molecule has 0 amide bonds. The van der Waals surface area contributed by atoms with E-state index in [0.29, 0.717) is 63.3 Å². The van der Waals surface area contributed by atoms with Crippen LogP contribution in [0.2, 0.25) is 0 Å². The molecule has 68 heavy (non-hydrogen) atoms. The van der Waals surface area contributed by atoms with Gasteiger partial charge in [0, 0.05) is 50.0 Å².